The summed E-state index contributed by atoms with van der Waals surface area (Å²) in [4.78, 5) is 4.57. The van der Waals surface area contributed by atoms with Gasteiger partial charge in [0.05, 0.1) is 12.2 Å². The van der Waals surface area contributed by atoms with Gasteiger partial charge in [-0.25, -0.2) is 4.89 Å². The van der Waals surface area contributed by atoms with Gasteiger partial charge in [0.15, 0.2) is 0 Å². The maximum absolute atomic E-state index is 10.5. The minimum atomic E-state index is -1.05. The van der Waals surface area contributed by atoms with Crippen molar-refractivity contribution in [1.29, 1.82) is 0 Å². The van der Waals surface area contributed by atoms with E-state index in [4.69, 9.17) is 5.26 Å². The second-order valence-corrected chi connectivity index (χ2v) is 6.90. The van der Waals surface area contributed by atoms with Gasteiger partial charge in [0.2, 0.25) is 0 Å². The highest BCUT2D eigenvalue weighted by molar-refractivity contribution is 5.19. The third-order valence-electron chi connectivity index (χ3n) is 5.53. The maximum Gasteiger partial charge on any atom is 0.119 e. The molecule has 2 rings (SSSR count). The first-order chi connectivity index (χ1) is 8.80. The van der Waals surface area contributed by atoms with Crippen molar-refractivity contribution in [3.63, 3.8) is 0 Å². The molecule has 19 heavy (non-hydrogen) atoms. The van der Waals surface area contributed by atoms with Crippen LogP contribution in [-0.2, 0) is 4.89 Å². The summed E-state index contributed by atoms with van der Waals surface area (Å²) < 4.78 is 0. The fraction of sp³-hybridized carbons (Fsp3) is 0.867. The third kappa shape index (κ3) is 2.35. The summed E-state index contributed by atoms with van der Waals surface area (Å²) >= 11 is 0. The van der Waals surface area contributed by atoms with E-state index in [1.165, 1.54) is 0 Å². The van der Waals surface area contributed by atoms with E-state index in [-0.39, 0.29) is 17.9 Å². The molecule has 4 heteroatoms. The van der Waals surface area contributed by atoms with Crippen LogP contribution in [0.15, 0.2) is 12.2 Å². The van der Waals surface area contributed by atoms with Gasteiger partial charge in [-0.15, -0.1) is 0 Å². The van der Waals surface area contributed by atoms with Crippen LogP contribution >= 0.6 is 0 Å². The van der Waals surface area contributed by atoms with Crippen molar-refractivity contribution in [2.75, 3.05) is 6.61 Å². The van der Waals surface area contributed by atoms with Gasteiger partial charge >= 0.3 is 0 Å². The zero-order chi connectivity index (χ0) is 14.3. The average molecular weight is 270 g/mol. The van der Waals surface area contributed by atoms with Gasteiger partial charge in [-0.2, -0.15) is 0 Å². The molecule has 5 atom stereocenters. The third-order valence-corrected chi connectivity index (χ3v) is 5.53. The van der Waals surface area contributed by atoms with Crippen LogP contribution in [0.4, 0.5) is 0 Å². The molecule has 2 aliphatic carbocycles. The van der Waals surface area contributed by atoms with Crippen molar-refractivity contribution < 1.29 is 20.4 Å². The standard InChI is InChI=1S/C15H26O4/c1-11-4-5-12(14(3,17)10-16)15(11)8-6-13(2,19-18)7-9-15/h6,8,11-12,16-18H,4-5,7,9-10H2,1-3H3. The van der Waals surface area contributed by atoms with Crippen LogP contribution in [0.1, 0.15) is 46.5 Å². The largest absolute Gasteiger partial charge is 0.393 e. The zero-order valence-electron chi connectivity index (χ0n) is 12.1. The van der Waals surface area contributed by atoms with Crippen LogP contribution in [0.25, 0.3) is 0 Å². The molecule has 2 aliphatic rings. The normalized spacial score (nSPS) is 45.6. The predicted molar refractivity (Wildman–Crippen MR) is 72.5 cm³/mol. The Morgan fingerprint density at radius 1 is 1.32 bits per heavy atom. The Balaban J connectivity index is 2.33. The van der Waals surface area contributed by atoms with Crippen molar-refractivity contribution in [1.82, 2.24) is 0 Å². The molecule has 0 saturated heterocycles. The molecule has 110 valence electrons. The Morgan fingerprint density at radius 3 is 2.47 bits per heavy atom. The topological polar surface area (TPSA) is 69.9 Å². The van der Waals surface area contributed by atoms with Crippen LogP contribution in [-0.4, -0.2) is 33.3 Å². The van der Waals surface area contributed by atoms with E-state index in [0.717, 1.165) is 25.7 Å². The first-order valence-corrected chi connectivity index (χ1v) is 7.16. The van der Waals surface area contributed by atoms with E-state index >= 15 is 0 Å². The highest BCUT2D eigenvalue weighted by atomic mass is 17.1. The molecule has 0 aromatic rings. The molecule has 0 aromatic carbocycles. The summed E-state index contributed by atoms with van der Waals surface area (Å²) in [5.41, 5.74) is -1.77. The van der Waals surface area contributed by atoms with Gasteiger partial charge in [-0.05, 0) is 56.8 Å². The smallest absolute Gasteiger partial charge is 0.119 e. The molecule has 3 N–H and O–H groups in total. The molecule has 0 radical (unpaired) electrons. The van der Waals surface area contributed by atoms with Crippen molar-refractivity contribution in [2.24, 2.45) is 17.3 Å². The van der Waals surface area contributed by atoms with Crippen LogP contribution < -0.4 is 0 Å². The summed E-state index contributed by atoms with van der Waals surface area (Å²) in [6, 6.07) is 0. The minimum absolute atomic E-state index is 0.0551. The number of hydrogen-bond donors (Lipinski definition) is 3. The summed E-state index contributed by atoms with van der Waals surface area (Å²) in [5.74, 6) is 0.523. The van der Waals surface area contributed by atoms with E-state index in [2.05, 4.69) is 17.9 Å². The van der Waals surface area contributed by atoms with E-state index in [1.807, 2.05) is 13.0 Å². The number of aliphatic hydroxyl groups excluding tert-OH is 1. The average Bonchev–Trinajstić information content (AvgIpc) is 2.72. The second kappa shape index (κ2) is 4.85. The lowest BCUT2D eigenvalue weighted by atomic mass is 9.61. The summed E-state index contributed by atoms with van der Waals surface area (Å²) in [5, 5.41) is 28.9. The van der Waals surface area contributed by atoms with Crippen molar-refractivity contribution in [3.05, 3.63) is 12.2 Å². The SMILES string of the molecule is CC1CCC(C(C)(O)CO)C12C=CC(C)(OO)CC2. The van der Waals surface area contributed by atoms with Crippen molar-refractivity contribution >= 4 is 0 Å². The molecule has 1 spiro atoms. The lowest BCUT2D eigenvalue weighted by molar-refractivity contribution is -0.307. The van der Waals surface area contributed by atoms with E-state index < -0.39 is 11.2 Å². The lowest BCUT2D eigenvalue weighted by Gasteiger charge is -2.47. The number of allylic oxidation sites excluding steroid dienone is 1. The highest BCUT2D eigenvalue weighted by Gasteiger charge is 2.54. The van der Waals surface area contributed by atoms with Gasteiger partial charge in [0, 0.05) is 0 Å². The van der Waals surface area contributed by atoms with Gasteiger partial charge < -0.3 is 10.2 Å². The Kier molecular flexibility index (Phi) is 3.82. The quantitative estimate of drug-likeness (QED) is 0.418. The fourth-order valence-electron chi connectivity index (χ4n) is 4.04. The van der Waals surface area contributed by atoms with Gasteiger partial charge in [0.25, 0.3) is 0 Å². The molecule has 1 saturated carbocycles. The van der Waals surface area contributed by atoms with E-state index in [0.29, 0.717) is 5.92 Å². The molecule has 0 aliphatic heterocycles. The minimum Gasteiger partial charge on any atom is -0.393 e. The Hall–Kier alpha value is -0.420. The number of hydrogen-bond acceptors (Lipinski definition) is 4. The molecule has 4 nitrogen and oxygen atoms in total. The van der Waals surface area contributed by atoms with Crippen molar-refractivity contribution in [2.45, 2.75) is 57.7 Å². The molecule has 0 heterocycles. The van der Waals surface area contributed by atoms with E-state index in [1.54, 1.807) is 6.92 Å². The van der Waals surface area contributed by atoms with Gasteiger partial charge in [0.1, 0.15) is 5.60 Å². The fourth-order valence-corrected chi connectivity index (χ4v) is 4.04. The van der Waals surface area contributed by atoms with Gasteiger partial charge in [-0.1, -0.05) is 19.1 Å². The summed E-state index contributed by atoms with van der Waals surface area (Å²) in [6.07, 6.45) is 7.60. The molecular weight excluding hydrogens is 244 g/mol. The second-order valence-electron chi connectivity index (χ2n) is 6.90. The molecule has 5 unspecified atom stereocenters. The summed E-state index contributed by atoms with van der Waals surface area (Å²) in [6.45, 7) is 5.57. The molecule has 0 aromatic heterocycles. The van der Waals surface area contributed by atoms with Crippen molar-refractivity contribution in [3.8, 4) is 0 Å². The summed E-state index contributed by atoms with van der Waals surface area (Å²) in [7, 11) is 0. The van der Waals surface area contributed by atoms with E-state index in [9.17, 15) is 10.2 Å². The maximum atomic E-state index is 10.5. The molecule has 0 bridgehead atoms. The van der Waals surface area contributed by atoms with Crippen LogP contribution in [0, 0.1) is 17.3 Å². The Bertz CT molecular complexity index is 365. The Labute approximate surface area is 115 Å². The predicted octanol–water partition coefficient (Wildman–Crippen LogP) is 2.36. The zero-order valence-corrected chi connectivity index (χ0v) is 12.1. The first-order valence-electron chi connectivity index (χ1n) is 7.16. The van der Waals surface area contributed by atoms with Crippen LogP contribution in [0.3, 0.4) is 0 Å². The molecule has 0 amide bonds. The monoisotopic (exact) mass is 270 g/mol. The first kappa shape index (κ1) is 15.0. The molecule has 1 fully saturated rings. The van der Waals surface area contributed by atoms with Gasteiger partial charge in [-0.3, -0.25) is 5.26 Å². The molecular formula is C15H26O4. The van der Waals surface area contributed by atoms with Crippen LogP contribution in [0.2, 0.25) is 0 Å². The highest BCUT2D eigenvalue weighted by Crippen LogP contribution is 2.58. The Morgan fingerprint density at radius 2 is 2.00 bits per heavy atom. The lowest BCUT2D eigenvalue weighted by Crippen LogP contribution is -2.48. The number of aliphatic hydroxyl groups is 2. The van der Waals surface area contributed by atoms with Crippen LogP contribution in [0.5, 0.6) is 0 Å². The number of rotatable bonds is 3.